The van der Waals surface area contributed by atoms with E-state index in [2.05, 4.69) is 12.1 Å². The van der Waals surface area contributed by atoms with Gasteiger partial charge in [0.25, 0.3) is 0 Å². The molecule has 2 N–H and O–H groups in total. The number of hydrogen-bond donors (Lipinski definition) is 1. The number of unbranched alkanes of at least 4 members (excludes halogenated alkanes) is 1. The molecule has 0 aromatic heterocycles. The van der Waals surface area contributed by atoms with E-state index in [1.54, 1.807) is 0 Å². The second-order valence-electron chi connectivity index (χ2n) is 2.90. The smallest absolute Gasteiger partial charge is 0.0811 e. The van der Waals surface area contributed by atoms with Crippen LogP contribution in [0.5, 0.6) is 0 Å². The average molecular weight is 158 g/mol. The fourth-order valence-electron chi connectivity index (χ4n) is 1.03. The van der Waals surface area contributed by atoms with Crippen LogP contribution >= 0.6 is 0 Å². The second-order valence-corrected chi connectivity index (χ2v) is 2.90. The highest BCUT2D eigenvalue weighted by Crippen LogP contribution is 2.03. The van der Waals surface area contributed by atoms with Gasteiger partial charge in [0.05, 0.1) is 6.54 Å². The van der Waals surface area contributed by atoms with Crippen LogP contribution < -0.4 is 5.73 Å². The van der Waals surface area contributed by atoms with Gasteiger partial charge >= 0.3 is 0 Å². The van der Waals surface area contributed by atoms with Crippen LogP contribution in [0.4, 0.5) is 0 Å². The molecule has 1 atom stereocenters. The van der Waals surface area contributed by atoms with E-state index in [9.17, 15) is 4.91 Å². The summed E-state index contributed by atoms with van der Waals surface area (Å²) >= 11 is 0. The molecule has 0 saturated carbocycles. The molecule has 0 aromatic carbocycles. The Morgan fingerprint density at radius 1 is 1.36 bits per heavy atom. The molecule has 11 heavy (non-hydrogen) atoms. The van der Waals surface area contributed by atoms with Crippen LogP contribution in [0.15, 0.2) is 5.18 Å². The van der Waals surface area contributed by atoms with Crippen LogP contribution in [0.25, 0.3) is 0 Å². The maximum atomic E-state index is 9.71. The molecule has 3 nitrogen and oxygen atoms in total. The van der Waals surface area contributed by atoms with Crippen molar-refractivity contribution in [3.63, 3.8) is 0 Å². The normalized spacial score (nSPS) is 12.9. The topological polar surface area (TPSA) is 55.4 Å². The molecule has 1 unspecified atom stereocenters. The molecular weight excluding hydrogens is 140 g/mol. The molecular formula is C8H18N2O. The largest absolute Gasteiger partial charge is 0.328 e. The maximum Gasteiger partial charge on any atom is 0.0811 e. The minimum atomic E-state index is 0.275. The number of nitrogens with two attached hydrogens (primary N) is 1. The van der Waals surface area contributed by atoms with E-state index in [4.69, 9.17) is 5.73 Å². The van der Waals surface area contributed by atoms with Gasteiger partial charge in [-0.2, -0.15) is 4.91 Å². The van der Waals surface area contributed by atoms with Gasteiger partial charge in [-0.3, -0.25) is 0 Å². The Balaban J connectivity index is 3.08. The molecule has 0 aliphatic rings. The van der Waals surface area contributed by atoms with Gasteiger partial charge < -0.3 is 5.73 Å². The Labute approximate surface area is 68.3 Å². The van der Waals surface area contributed by atoms with Crippen molar-refractivity contribution < 1.29 is 0 Å². The molecule has 0 amide bonds. The van der Waals surface area contributed by atoms with E-state index >= 15 is 0 Å². The minimum Gasteiger partial charge on any atom is -0.328 e. The van der Waals surface area contributed by atoms with Gasteiger partial charge in [0.1, 0.15) is 0 Å². The molecule has 3 heteroatoms. The zero-order chi connectivity index (χ0) is 8.53. The zero-order valence-corrected chi connectivity index (χ0v) is 7.25. The van der Waals surface area contributed by atoms with Crippen molar-refractivity contribution in [3.05, 3.63) is 4.91 Å². The summed E-state index contributed by atoms with van der Waals surface area (Å²) in [7, 11) is 0. The van der Waals surface area contributed by atoms with Crippen molar-refractivity contribution in [2.75, 3.05) is 6.54 Å². The number of hydrogen-bond acceptors (Lipinski definition) is 3. The first-order valence-electron chi connectivity index (χ1n) is 4.36. The third-order valence-corrected chi connectivity index (χ3v) is 1.75. The Hall–Kier alpha value is -0.440. The third kappa shape index (κ3) is 7.46. The van der Waals surface area contributed by atoms with Gasteiger partial charge in [-0.1, -0.05) is 24.9 Å². The zero-order valence-electron chi connectivity index (χ0n) is 7.25. The Bertz CT molecular complexity index is 96.1. The molecule has 0 aromatic rings. The number of nitroso groups, excluding NO2 is 1. The van der Waals surface area contributed by atoms with E-state index in [1.807, 2.05) is 0 Å². The summed E-state index contributed by atoms with van der Waals surface area (Å²) < 4.78 is 0. The Kier molecular flexibility index (Phi) is 7.36. The highest BCUT2D eigenvalue weighted by molar-refractivity contribution is 4.61. The Morgan fingerprint density at radius 2 is 2.00 bits per heavy atom. The quantitative estimate of drug-likeness (QED) is 0.455. The van der Waals surface area contributed by atoms with E-state index in [-0.39, 0.29) is 6.04 Å². The van der Waals surface area contributed by atoms with E-state index in [0.29, 0.717) is 6.54 Å². The summed E-state index contributed by atoms with van der Waals surface area (Å²) in [6.45, 7) is 2.57. The fourth-order valence-corrected chi connectivity index (χ4v) is 1.03. The van der Waals surface area contributed by atoms with Crippen LogP contribution in [0.2, 0.25) is 0 Å². The minimum absolute atomic E-state index is 0.275. The van der Waals surface area contributed by atoms with Crippen molar-refractivity contribution in [3.8, 4) is 0 Å². The summed E-state index contributed by atoms with van der Waals surface area (Å²) in [5, 5.41) is 2.78. The predicted molar refractivity (Wildman–Crippen MR) is 47.4 cm³/mol. The van der Waals surface area contributed by atoms with Gasteiger partial charge in [0.2, 0.25) is 0 Å². The van der Waals surface area contributed by atoms with Crippen molar-refractivity contribution >= 4 is 0 Å². The molecule has 0 bridgehead atoms. The van der Waals surface area contributed by atoms with Crippen molar-refractivity contribution in [1.82, 2.24) is 0 Å². The van der Waals surface area contributed by atoms with Crippen LogP contribution in [-0.2, 0) is 0 Å². The second kappa shape index (κ2) is 7.66. The average Bonchev–Trinajstić information content (AvgIpc) is 2.01. The highest BCUT2D eigenvalue weighted by atomic mass is 16.3. The van der Waals surface area contributed by atoms with Gasteiger partial charge in [-0.25, -0.2) is 0 Å². The first-order chi connectivity index (χ1) is 5.31. The Morgan fingerprint density at radius 3 is 2.55 bits per heavy atom. The fraction of sp³-hybridized carbons (Fsp3) is 1.00. The van der Waals surface area contributed by atoms with Gasteiger partial charge in [-0.15, -0.1) is 0 Å². The first-order valence-corrected chi connectivity index (χ1v) is 4.36. The summed E-state index contributed by atoms with van der Waals surface area (Å²) in [5.41, 5.74) is 5.76. The molecule has 0 aliphatic carbocycles. The lowest BCUT2D eigenvalue weighted by molar-refractivity contribution is 0.527. The van der Waals surface area contributed by atoms with Crippen molar-refractivity contribution in [1.29, 1.82) is 0 Å². The molecule has 0 rings (SSSR count). The lowest BCUT2D eigenvalue weighted by Crippen LogP contribution is -2.19. The standard InChI is InChI=1S/C8H18N2O/c1-2-3-5-8(9)6-4-7-10-11/h8H,2-7,9H2,1H3. The SMILES string of the molecule is CCCCC(N)CCCN=O. The summed E-state index contributed by atoms with van der Waals surface area (Å²) in [4.78, 5) is 9.71. The first kappa shape index (κ1) is 10.6. The van der Waals surface area contributed by atoms with E-state index < -0.39 is 0 Å². The van der Waals surface area contributed by atoms with Gasteiger partial charge in [-0.05, 0) is 19.3 Å². The number of rotatable bonds is 7. The maximum absolute atomic E-state index is 9.71. The number of nitrogens with zero attached hydrogens (tertiary/aromatic N) is 1. The summed E-state index contributed by atoms with van der Waals surface area (Å²) in [5.74, 6) is 0. The highest BCUT2D eigenvalue weighted by Gasteiger charge is 2.00. The van der Waals surface area contributed by atoms with Gasteiger partial charge in [0, 0.05) is 6.04 Å². The van der Waals surface area contributed by atoms with Crippen LogP contribution in [0.3, 0.4) is 0 Å². The lowest BCUT2D eigenvalue weighted by atomic mass is 10.1. The summed E-state index contributed by atoms with van der Waals surface area (Å²) in [6, 6.07) is 0.275. The molecule has 0 saturated heterocycles. The van der Waals surface area contributed by atoms with Gasteiger partial charge in [0.15, 0.2) is 0 Å². The predicted octanol–water partition coefficient (Wildman–Crippen LogP) is 2.05. The molecule has 0 spiro atoms. The molecule has 0 aliphatic heterocycles. The molecule has 0 fully saturated rings. The van der Waals surface area contributed by atoms with E-state index in [1.165, 1.54) is 12.8 Å². The molecule has 66 valence electrons. The van der Waals surface area contributed by atoms with E-state index in [0.717, 1.165) is 19.3 Å². The molecule has 0 heterocycles. The van der Waals surface area contributed by atoms with Crippen molar-refractivity contribution in [2.24, 2.45) is 10.9 Å². The monoisotopic (exact) mass is 158 g/mol. The van der Waals surface area contributed by atoms with Crippen LogP contribution in [0, 0.1) is 4.91 Å². The van der Waals surface area contributed by atoms with Crippen molar-refractivity contribution in [2.45, 2.75) is 45.1 Å². The van der Waals surface area contributed by atoms with Crippen LogP contribution in [0.1, 0.15) is 39.0 Å². The molecule has 0 radical (unpaired) electrons. The summed E-state index contributed by atoms with van der Waals surface area (Å²) in [6.07, 6.45) is 5.24. The van der Waals surface area contributed by atoms with Crippen LogP contribution in [-0.4, -0.2) is 12.6 Å². The third-order valence-electron chi connectivity index (χ3n) is 1.75. The lowest BCUT2D eigenvalue weighted by Gasteiger charge is -2.08.